The second-order valence-corrected chi connectivity index (χ2v) is 7.08. The van der Waals surface area contributed by atoms with Gasteiger partial charge in [-0.05, 0) is 59.3 Å². The van der Waals surface area contributed by atoms with E-state index in [1.54, 1.807) is 11.3 Å². The minimum absolute atomic E-state index is 0.615. The van der Waals surface area contributed by atoms with Crippen molar-refractivity contribution in [1.82, 2.24) is 9.88 Å². The zero-order chi connectivity index (χ0) is 15.4. The number of unbranched alkanes of at least 4 members (excludes halogenated alkanes) is 1. The number of thiazole rings is 1. The topological polar surface area (TPSA) is 54.2 Å². The van der Waals surface area contributed by atoms with Crippen LogP contribution in [0.3, 0.4) is 0 Å². The van der Waals surface area contributed by atoms with Gasteiger partial charge < -0.3 is 16.0 Å². The molecule has 0 radical (unpaired) electrons. The summed E-state index contributed by atoms with van der Waals surface area (Å²) in [7, 11) is 2.18. The molecule has 0 spiro atoms. The fraction of sp³-hybridized carbons (Fsp3) is 0.562. The lowest BCUT2D eigenvalue weighted by Gasteiger charge is -2.20. The van der Waals surface area contributed by atoms with Gasteiger partial charge in [-0.1, -0.05) is 0 Å². The molecule has 0 unspecified atom stereocenters. The van der Waals surface area contributed by atoms with Gasteiger partial charge in [-0.3, -0.25) is 0 Å². The molecule has 3 N–H and O–H groups in total. The minimum Gasteiger partial charge on any atom is -0.397 e. The lowest BCUT2D eigenvalue weighted by molar-refractivity contribution is 0.269. The lowest BCUT2D eigenvalue weighted by Crippen LogP contribution is -2.27. The molecule has 0 bridgehead atoms. The maximum Gasteiger partial charge on any atom is 0.0907 e. The second-order valence-electron chi connectivity index (χ2n) is 5.85. The molecule has 0 aliphatic carbocycles. The standard InChI is InChI=1S/C16H26N4S/c1-11(2)20(4)8-6-5-7-18-14-10-15-16(9-13(14)17)21-12(3)19-15/h9-11,18H,5-8,17H2,1-4H3. The lowest BCUT2D eigenvalue weighted by atomic mass is 10.2. The molecule has 5 heteroatoms. The number of aryl methyl sites for hydroxylation is 1. The van der Waals surface area contributed by atoms with E-state index in [9.17, 15) is 0 Å². The van der Waals surface area contributed by atoms with Crippen molar-refractivity contribution in [3.05, 3.63) is 17.1 Å². The highest BCUT2D eigenvalue weighted by Gasteiger charge is 2.06. The Hall–Kier alpha value is -1.33. The number of anilines is 2. The summed E-state index contributed by atoms with van der Waals surface area (Å²) in [5.74, 6) is 0. The Balaban J connectivity index is 1.84. The molecule has 2 rings (SSSR count). The molecule has 0 amide bonds. The number of aromatic nitrogens is 1. The zero-order valence-electron chi connectivity index (χ0n) is 13.4. The monoisotopic (exact) mass is 306 g/mol. The Morgan fingerprint density at radius 3 is 2.81 bits per heavy atom. The largest absolute Gasteiger partial charge is 0.397 e. The van der Waals surface area contributed by atoms with Crippen LogP contribution in [-0.2, 0) is 0 Å². The molecule has 0 fully saturated rings. The Morgan fingerprint density at radius 1 is 1.33 bits per heavy atom. The van der Waals surface area contributed by atoms with Crippen molar-refractivity contribution >= 4 is 32.9 Å². The number of benzene rings is 1. The Bertz CT molecular complexity index is 591. The average Bonchev–Trinajstić information content (AvgIpc) is 2.77. The smallest absolute Gasteiger partial charge is 0.0907 e. The Labute approximate surface area is 131 Å². The quantitative estimate of drug-likeness (QED) is 0.604. The van der Waals surface area contributed by atoms with Crippen LogP contribution in [0, 0.1) is 6.92 Å². The number of nitrogen functional groups attached to an aromatic ring is 1. The molecule has 1 heterocycles. The number of nitrogens with one attached hydrogen (secondary N) is 1. The van der Waals surface area contributed by atoms with E-state index in [1.807, 2.05) is 13.0 Å². The molecule has 2 aromatic rings. The molecule has 1 aromatic carbocycles. The van der Waals surface area contributed by atoms with Gasteiger partial charge in [0.1, 0.15) is 0 Å². The summed E-state index contributed by atoms with van der Waals surface area (Å²) in [4.78, 5) is 6.89. The Morgan fingerprint density at radius 2 is 2.10 bits per heavy atom. The molecule has 0 atom stereocenters. The normalized spacial score (nSPS) is 11.7. The van der Waals surface area contributed by atoms with E-state index in [2.05, 4.69) is 42.2 Å². The summed E-state index contributed by atoms with van der Waals surface area (Å²) >= 11 is 1.69. The highest BCUT2D eigenvalue weighted by Crippen LogP contribution is 2.29. The summed E-state index contributed by atoms with van der Waals surface area (Å²) < 4.78 is 1.16. The molecular formula is C16H26N4S. The molecule has 1 aromatic heterocycles. The van der Waals surface area contributed by atoms with Crippen LogP contribution in [0.15, 0.2) is 12.1 Å². The van der Waals surface area contributed by atoms with Crippen molar-refractivity contribution in [2.24, 2.45) is 0 Å². The van der Waals surface area contributed by atoms with Gasteiger partial charge in [0.25, 0.3) is 0 Å². The van der Waals surface area contributed by atoms with E-state index in [-0.39, 0.29) is 0 Å². The van der Waals surface area contributed by atoms with Crippen LogP contribution in [-0.4, -0.2) is 36.1 Å². The molecule has 0 aliphatic heterocycles. The molecule has 0 aliphatic rings. The fourth-order valence-corrected chi connectivity index (χ4v) is 3.08. The van der Waals surface area contributed by atoms with E-state index < -0.39 is 0 Å². The van der Waals surface area contributed by atoms with E-state index in [1.165, 1.54) is 6.42 Å². The first kappa shape index (κ1) is 16.0. The van der Waals surface area contributed by atoms with Gasteiger partial charge in [-0.15, -0.1) is 11.3 Å². The molecular weight excluding hydrogens is 280 g/mol. The first-order chi connectivity index (χ1) is 9.97. The third-order valence-electron chi connectivity index (χ3n) is 3.80. The first-order valence-corrected chi connectivity index (χ1v) is 8.40. The third-order valence-corrected chi connectivity index (χ3v) is 4.73. The fourth-order valence-electron chi connectivity index (χ4n) is 2.23. The summed E-state index contributed by atoms with van der Waals surface area (Å²) in [6.45, 7) is 8.57. The number of nitrogens with zero attached hydrogens (tertiary/aromatic N) is 2. The van der Waals surface area contributed by atoms with E-state index in [4.69, 9.17) is 5.73 Å². The number of rotatable bonds is 7. The average molecular weight is 306 g/mol. The van der Waals surface area contributed by atoms with E-state index in [0.29, 0.717) is 6.04 Å². The molecule has 0 saturated heterocycles. The van der Waals surface area contributed by atoms with Crippen LogP contribution in [0.4, 0.5) is 11.4 Å². The van der Waals surface area contributed by atoms with Gasteiger partial charge in [0, 0.05) is 12.6 Å². The molecule has 116 valence electrons. The summed E-state index contributed by atoms with van der Waals surface area (Å²) in [5, 5.41) is 4.52. The number of hydrogen-bond acceptors (Lipinski definition) is 5. The van der Waals surface area contributed by atoms with E-state index >= 15 is 0 Å². The van der Waals surface area contributed by atoms with Crippen LogP contribution in [0.1, 0.15) is 31.7 Å². The highest BCUT2D eigenvalue weighted by atomic mass is 32.1. The van der Waals surface area contributed by atoms with Gasteiger partial charge in [0.05, 0.1) is 26.6 Å². The van der Waals surface area contributed by atoms with Gasteiger partial charge >= 0.3 is 0 Å². The van der Waals surface area contributed by atoms with Crippen LogP contribution < -0.4 is 11.1 Å². The van der Waals surface area contributed by atoms with Crippen molar-refractivity contribution in [2.45, 2.75) is 39.7 Å². The summed E-state index contributed by atoms with van der Waals surface area (Å²) in [6.07, 6.45) is 2.34. The van der Waals surface area contributed by atoms with Gasteiger partial charge in [0.15, 0.2) is 0 Å². The van der Waals surface area contributed by atoms with Crippen molar-refractivity contribution in [3.8, 4) is 0 Å². The van der Waals surface area contributed by atoms with Gasteiger partial charge in [-0.2, -0.15) is 0 Å². The predicted molar refractivity (Wildman–Crippen MR) is 94.3 cm³/mol. The number of hydrogen-bond donors (Lipinski definition) is 2. The molecule has 0 saturated carbocycles. The van der Waals surface area contributed by atoms with Crippen LogP contribution >= 0.6 is 11.3 Å². The van der Waals surface area contributed by atoms with Crippen molar-refractivity contribution in [1.29, 1.82) is 0 Å². The maximum atomic E-state index is 6.11. The molecule has 21 heavy (non-hydrogen) atoms. The second kappa shape index (κ2) is 7.09. The zero-order valence-corrected chi connectivity index (χ0v) is 14.3. The van der Waals surface area contributed by atoms with Gasteiger partial charge in [-0.25, -0.2) is 4.98 Å². The summed E-state index contributed by atoms with van der Waals surface area (Å²) in [5.41, 5.74) is 8.96. The van der Waals surface area contributed by atoms with Crippen LogP contribution in [0.5, 0.6) is 0 Å². The molecule has 4 nitrogen and oxygen atoms in total. The van der Waals surface area contributed by atoms with Crippen molar-refractivity contribution in [3.63, 3.8) is 0 Å². The first-order valence-electron chi connectivity index (χ1n) is 7.58. The van der Waals surface area contributed by atoms with Crippen molar-refractivity contribution < 1.29 is 0 Å². The van der Waals surface area contributed by atoms with Crippen LogP contribution in [0.25, 0.3) is 10.2 Å². The maximum absolute atomic E-state index is 6.11. The van der Waals surface area contributed by atoms with Gasteiger partial charge in [0.2, 0.25) is 0 Å². The number of nitrogens with two attached hydrogens (primary N) is 1. The van der Waals surface area contributed by atoms with Crippen LogP contribution in [0.2, 0.25) is 0 Å². The summed E-state index contributed by atoms with van der Waals surface area (Å²) in [6, 6.07) is 4.70. The van der Waals surface area contributed by atoms with E-state index in [0.717, 1.165) is 46.1 Å². The highest BCUT2D eigenvalue weighted by molar-refractivity contribution is 7.18. The third kappa shape index (κ3) is 4.32. The number of fused-ring (bicyclic) bond motifs is 1. The predicted octanol–water partition coefficient (Wildman–Crippen LogP) is 3.72. The Kier molecular flexibility index (Phi) is 5.42. The SMILES string of the molecule is Cc1nc2cc(NCCCCN(C)C(C)C)c(N)cc2s1. The van der Waals surface area contributed by atoms with Crippen molar-refractivity contribution in [2.75, 3.05) is 31.2 Å². The minimum atomic E-state index is 0.615.